The molecule has 188 valence electrons. The smallest absolute Gasteiger partial charge is 0.200 e. The Hall–Kier alpha value is -3.34. The highest BCUT2D eigenvalue weighted by molar-refractivity contribution is 5.83. The molecule has 0 unspecified atom stereocenters. The Morgan fingerprint density at radius 2 is 1.83 bits per heavy atom. The normalized spacial score (nSPS) is 10.7. The quantitative estimate of drug-likeness (QED) is 0.346. The van der Waals surface area contributed by atoms with Gasteiger partial charge in [0.1, 0.15) is 11.6 Å². The summed E-state index contributed by atoms with van der Waals surface area (Å²) in [6.07, 6.45) is 2.88. The number of aliphatic hydroxyl groups is 1. The van der Waals surface area contributed by atoms with Gasteiger partial charge in [0.05, 0.1) is 11.1 Å². The number of nitrogens with zero attached hydrogens (tertiary/aromatic N) is 1. The number of allylic oxidation sites excluding steroid dienone is 1. The van der Waals surface area contributed by atoms with Gasteiger partial charge in [-0.15, -0.1) is 0 Å². The molecule has 0 aliphatic carbocycles. The molecule has 5 heteroatoms. The van der Waals surface area contributed by atoms with Crippen LogP contribution in [0.2, 0.25) is 0 Å². The highest BCUT2D eigenvalue weighted by Crippen LogP contribution is 2.25. The summed E-state index contributed by atoms with van der Waals surface area (Å²) in [4.78, 5) is 13.0. The van der Waals surface area contributed by atoms with Gasteiger partial charge in [0.25, 0.3) is 0 Å². The maximum Gasteiger partial charge on any atom is 0.200 e. The van der Waals surface area contributed by atoms with E-state index in [2.05, 4.69) is 46.2 Å². The molecule has 1 aromatic heterocycles. The van der Waals surface area contributed by atoms with Gasteiger partial charge < -0.3 is 15.0 Å². The maximum atomic E-state index is 14.6. The number of pyridine rings is 1. The molecular formula is C30H39FN2O2. The molecule has 4 nitrogen and oxygen atoms in total. The molecule has 0 spiro atoms. The first kappa shape index (κ1) is 27.9. The fourth-order valence-corrected chi connectivity index (χ4v) is 4.12. The lowest BCUT2D eigenvalue weighted by atomic mass is 9.94. The fourth-order valence-electron chi connectivity index (χ4n) is 4.12. The fraction of sp³-hybridized carbons (Fsp3) is 0.367. The molecule has 2 N–H and O–H groups in total. The zero-order valence-corrected chi connectivity index (χ0v) is 22.0. The molecule has 3 aromatic rings. The van der Waals surface area contributed by atoms with Gasteiger partial charge in [-0.2, -0.15) is 0 Å². The molecule has 0 amide bonds. The number of aromatic nitrogens is 1. The van der Waals surface area contributed by atoms with Crippen LogP contribution in [0, 0.1) is 18.7 Å². The van der Waals surface area contributed by atoms with Crippen LogP contribution in [0.4, 0.5) is 4.39 Å². The van der Waals surface area contributed by atoms with E-state index in [0.717, 1.165) is 35.3 Å². The summed E-state index contributed by atoms with van der Waals surface area (Å²) in [5, 5.41) is 13.5. The van der Waals surface area contributed by atoms with Crippen molar-refractivity contribution >= 4 is 16.7 Å². The molecular weight excluding hydrogens is 439 g/mol. The van der Waals surface area contributed by atoms with E-state index >= 15 is 0 Å². The molecule has 0 radical (unpaired) electrons. The molecule has 0 fully saturated rings. The van der Waals surface area contributed by atoms with E-state index in [-0.39, 0.29) is 22.6 Å². The van der Waals surface area contributed by atoms with Crippen molar-refractivity contribution < 1.29 is 9.50 Å². The predicted octanol–water partition coefficient (Wildman–Crippen LogP) is 6.92. The van der Waals surface area contributed by atoms with Gasteiger partial charge in [-0.25, -0.2) is 4.39 Å². The van der Waals surface area contributed by atoms with E-state index in [0.29, 0.717) is 35.4 Å². The van der Waals surface area contributed by atoms with Crippen LogP contribution < -0.4 is 10.7 Å². The third-order valence-corrected chi connectivity index (χ3v) is 5.79. The Labute approximate surface area is 208 Å². The van der Waals surface area contributed by atoms with Gasteiger partial charge in [0, 0.05) is 36.8 Å². The first-order valence-corrected chi connectivity index (χ1v) is 12.2. The molecule has 35 heavy (non-hydrogen) atoms. The second-order valence-corrected chi connectivity index (χ2v) is 9.39. The van der Waals surface area contributed by atoms with Gasteiger partial charge in [-0.05, 0) is 67.5 Å². The molecule has 0 aliphatic heterocycles. The van der Waals surface area contributed by atoms with Crippen molar-refractivity contribution in [3.8, 4) is 0 Å². The van der Waals surface area contributed by atoms with Crippen LogP contribution in [0.5, 0.6) is 0 Å². The highest BCUT2D eigenvalue weighted by atomic mass is 19.1. The Balaban J connectivity index is 0.000000641. The van der Waals surface area contributed by atoms with Crippen molar-refractivity contribution in [2.24, 2.45) is 5.92 Å². The van der Waals surface area contributed by atoms with Crippen LogP contribution in [0.3, 0.4) is 0 Å². The molecule has 0 aliphatic rings. The summed E-state index contributed by atoms with van der Waals surface area (Å²) < 4.78 is 16.6. The number of fused-ring (bicyclic) bond motifs is 1. The van der Waals surface area contributed by atoms with Crippen LogP contribution in [0.1, 0.15) is 62.4 Å². The van der Waals surface area contributed by atoms with Crippen LogP contribution in [0.15, 0.2) is 60.2 Å². The van der Waals surface area contributed by atoms with Gasteiger partial charge in [0.15, 0.2) is 5.43 Å². The standard InChI is InChI=1S/C25H28FNO2.C5H11N/c1-6-18-12-23-21(11-20(18)10-19-9-7-8-16(4)24(19)26)25(29)22(17(5)28)14-27(23)13-15(2)3;1-4-6-5(2)3/h7-9,11-12,14-15,28H,5-6,10,13H2,1-4H3;6H,2,4H2,1,3H3. The van der Waals surface area contributed by atoms with E-state index in [1.807, 2.05) is 29.7 Å². The maximum absolute atomic E-state index is 14.6. The second-order valence-electron chi connectivity index (χ2n) is 9.39. The topological polar surface area (TPSA) is 54.3 Å². The Morgan fingerprint density at radius 3 is 2.34 bits per heavy atom. The molecule has 0 saturated heterocycles. The minimum Gasteiger partial charge on any atom is -0.508 e. The number of aryl methyl sites for hydroxylation is 2. The number of hydrogen-bond acceptors (Lipinski definition) is 3. The zero-order chi connectivity index (χ0) is 26.3. The lowest BCUT2D eigenvalue weighted by molar-refractivity contribution is 0.506. The number of hydrogen-bond donors (Lipinski definition) is 2. The first-order valence-electron chi connectivity index (χ1n) is 12.2. The van der Waals surface area contributed by atoms with Crippen LogP contribution in [-0.4, -0.2) is 16.2 Å². The van der Waals surface area contributed by atoms with Crippen LogP contribution in [-0.2, 0) is 19.4 Å². The molecule has 2 aromatic carbocycles. The third-order valence-electron chi connectivity index (χ3n) is 5.79. The Morgan fingerprint density at radius 1 is 1.14 bits per heavy atom. The van der Waals surface area contributed by atoms with Gasteiger partial charge in [0.2, 0.25) is 0 Å². The summed E-state index contributed by atoms with van der Waals surface area (Å²) in [6, 6.07) is 9.29. The third kappa shape index (κ3) is 7.08. The largest absolute Gasteiger partial charge is 0.508 e. The molecule has 0 atom stereocenters. The van der Waals surface area contributed by atoms with E-state index in [1.165, 1.54) is 0 Å². The van der Waals surface area contributed by atoms with E-state index < -0.39 is 0 Å². The van der Waals surface area contributed by atoms with Crippen molar-refractivity contribution in [3.63, 3.8) is 0 Å². The summed E-state index contributed by atoms with van der Waals surface area (Å²) in [7, 11) is 0. The number of aliphatic hydroxyl groups excluding tert-OH is 1. The van der Waals surface area contributed by atoms with Crippen molar-refractivity contribution in [2.45, 2.75) is 60.9 Å². The minimum atomic E-state index is -0.249. The molecule has 3 rings (SSSR count). The lowest BCUT2D eigenvalue weighted by Crippen LogP contribution is -2.17. The Kier molecular flexibility index (Phi) is 9.88. The minimum absolute atomic E-state index is 0.204. The van der Waals surface area contributed by atoms with Crippen LogP contribution >= 0.6 is 0 Å². The lowest BCUT2D eigenvalue weighted by Gasteiger charge is -2.18. The van der Waals surface area contributed by atoms with E-state index in [4.69, 9.17) is 0 Å². The summed E-state index contributed by atoms with van der Waals surface area (Å²) in [5.41, 5.74) is 5.07. The van der Waals surface area contributed by atoms with E-state index in [1.54, 1.807) is 25.3 Å². The summed E-state index contributed by atoms with van der Waals surface area (Å²) >= 11 is 0. The zero-order valence-electron chi connectivity index (χ0n) is 22.0. The molecule has 1 heterocycles. The van der Waals surface area contributed by atoms with Gasteiger partial charge >= 0.3 is 0 Å². The number of nitrogens with one attached hydrogen (secondary N) is 1. The number of benzene rings is 2. The van der Waals surface area contributed by atoms with Gasteiger partial charge in [-0.3, -0.25) is 4.79 Å². The predicted molar refractivity (Wildman–Crippen MR) is 147 cm³/mol. The van der Waals surface area contributed by atoms with Crippen molar-refractivity contribution in [2.75, 3.05) is 6.54 Å². The first-order chi connectivity index (χ1) is 16.5. The summed E-state index contributed by atoms with van der Waals surface area (Å²) in [5.74, 6) is -0.0729. The van der Waals surface area contributed by atoms with Gasteiger partial charge in [-0.1, -0.05) is 52.1 Å². The highest BCUT2D eigenvalue weighted by Gasteiger charge is 2.16. The molecule has 0 saturated carbocycles. The van der Waals surface area contributed by atoms with Crippen molar-refractivity contribution in [3.05, 3.63) is 99.2 Å². The monoisotopic (exact) mass is 478 g/mol. The molecule has 0 bridgehead atoms. The average Bonchev–Trinajstić information content (AvgIpc) is 2.78. The van der Waals surface area contributed by atoms with Crippen molar-refractivity contribution in [1.29, 1.82) is 0 Å². The van der Waals surface area contributed by atoms with E-state index in [9.17, 15) is 14.3 Å². The second kappa shape index (κ2) is 12.4. The summed E-state index contributed by atoms with van der Waals surface area (Å²) in [6.45, 7) is 20.9. The Bertz CT molecular complexity index is 1270. The number of halogens is 1. The SMILES string of the molecule is C=C(C)NCC.C=C(O)c1cn(CC(C)C)c2cc(CC)c(Cc3cccc(C)c3F)cc2c1=O. The number of rotatable bonds is 8. The average molecular weight is 479 g/mol. The van der Waals surface area contributed by atoms with Crippen molar-refractivity contribution in [1.82, 2.24) is 9.88 Å². The van der Waals surface area contributed by atoms with Crippen LogP contribution in [0.25, 0.3) is 16.7 Å².